The van der Waals surface area contributed by atoms with Gasteiger partial charge in [0.2, 0.25) is 0 Å². The molecular formula is C20H18ClN2O. The van der Waals surface area contributed by atoms with Gasteiger partial charge in [0.05, 0.1) is 16.2 Å². The molecule has 24 heavy (non-hydrogen) atoms. The van der Waals surface area contributed by atoms with Crippen LogP contribution in [-0.4, -0.2) is 23.2 Å². The largest absolute Gasteiger partial charge is 0.506 e. The fraction of sp³-hybridized carbons (Fsp3) is 0.250. The minimum atomic E-state index is 0.102. The molecule has 0 atom stereocenters. The Morgan fingerprint density at radius 1 is 1.00 bits per heavy atom. The molecule has 0 unspecified atom stereocenters. The molecule has 2 aromatic carbocycles. The maximum atomic E-state index is 9.62. The molecule has 3 aromatic rings. The van der Waals surface area contributed by atoms with E-state index < -0.39 is 0 Å². The third-order valence-corrected chi connectivity index (χ3v) is 4.91. The summed E-state index contributed by atoms with van der Waals surface area (Å²) in [6, 6.07) is 14.8. The van der Waals surface area contributed by atoms with Crippen LogP contribution >= 0.6 is 11.6 Å². The Morgan fingerprint density at radius 3 is 2.54 bits per heavy atom. The van der Waals surface area contributed by atoms with Crippen LogP contribution in [0.15, 0.2) is 42.6 Å². The number of phenols is 1. The molecule has 1 aliphatic heterocycles. The summed E-state index contributed by atoms with van der Waals surface area (Å²) < 4.78 is 0. The molecule has 0 amide bonds. The number of pyridine rings is 1. The van der Waals surface area contributed by atoms with Gasteiger partial charge in [-0.1, -0.05) is 23.7 Å². The summed E-state index contributed by atoms with van der Waals surface area (Å²) in [6.45, 7) is 2.15. The van der Waals surface area contributed by atoms with E-state index in [1.807, 2.05) is 18.2 Å². The second-order valence-electron chi connectivity index (χ2n) is 6.20. The monoisotopic (exact) mass is 337 g/mol. The van der Waals surface area contributed by atoms with Gasteiger partial charge in [0.15, 0.2) is 0 Å². The van der Waals surface area contributed by atoms with Crippen molar-refractivity contribution in [2.24, 2.45) is 0 Å². The van der Waals surface area contributed by atoms with Gasteiger partial charge in [-0.15, -0.1) is 0 Å². The van der Waals surface area contributed by atoms with Crippen molar-refractivity contribution in [3.05, 3.63) is 53.7 Å². The lowest BCUT2D eigenvalue weighted by Gasteiger charge is -2.29. The van der Waals surface area contributed by atoms with Crippen LogP contribution in [0.2, 0.25) is 5.02 Å². The van der Waals surface area contributed by atoms with Crippen LogP contribution in [-0.2, 0) is 0 Å². The maximum absolute atomic E-state index is 9.62. The summed E-state index contributed by atoms with van der Waals surface area (Å²) >= 11 is 6.06. The van der Waals surface area contributed by atoms with Crippen molar-refractivity contribution in [2.75, 3.05) is 18.0 Å². The van der Waals surface area contributed by atoms with E-state index in [4.69, 9.17) is 11.6 Å². The van der Waals surface area contributed by atoms with Gasteiger partial charge in [0.25, 0.3) is 0 Å². The summed E-state index contributed by atoms with van der Waals surface area (Å²) in [5.41, 5.74) is 4.14. The number of rotatable bonds is 2. The average Bonchev–Trinajstić information content (AvgIpc) is 2.64. The summed E-state index contributed by atoms with van der Waals surface area (Å²) in [5, 5.41) is 11.1. The first kappa shape index (κ1) is 15.3. The normalized spacial score (nSPS) is 15.0. The minimum Gasteiger partial charge on any atom is -0.506 e. The Balaban J connectivity index is 1.82. The number of nitrogens with zero attached hydrogens (tertiary/aromatic N) is 2. The zero-order valence-corrected chi connectivity index (χ0v) is 14.1. The number of fused-ring (bicyclic) bond motifs is 1. The fourth-order valence-corrected chi connectivity index (χ4v) is 3.50. The number of hydrogen-bond donors (Lipinski definition) is 1. The highest BCUT2D eigenvalue weighted by molar-refractivity contribution is 6.32. The Bertz CT molecular complexity index is 888. The van der Waals surface area contributed by atoms with E-state index >= 15 is 0 Å². The highest BCUT2D eigenvalue weighted by atomic mass is 35.5. The second kappa shape index (κ2) is 6.33. The van der Waals surface area contributed by atoms with E-state index in [1.54, 1.807) is 18.3 Å². The molecule has 1 N–H and O–H groups in total. The van der Waals surface area contributed by atoms with Crippen LogP contribution in [0.5, 0.6) is 5.75 Å². The van der Waals surface area contributed by atoms with E-state index in [-0.39, 0.29) is 5.75 Å². The Kier molecular flexibility index (Phi) is 4.03. The predicted octanol–water partition coefficient (Wildman–Crippen LogP) is 5.05. The number of hydrogen-bond acceptors (Lipinski definition) is 3. The highest BCUT2D eigenvalue weighted by Crippen LogP contribution is 2.33. The van der Waals surface area contributed by atoms with Crippen LogP contribution in [0.4, 0.5) is 5.69 Å². The molecule has 0 saturated carbocycles. The Hall–Kier alpha value is -2.26. The van der Waals surface area contributed by atoms with Crippen molar-refractivity contribution in [3.63, 3.8) is 0 Å². The van der Waals surface area contributed by atoms with Crippen LogP contribution < -0.4 is 4.90 Å². The molecule has 121 valence electrons. The first-order valence-electron chi connectivity index (χ1n) is 8.27. The third-order valence-electron chi connectivity index (χ3n) is 4.61. The molecular weight excluding hydrogens is 320 g/mol. The molecule has 0 spiro atoms. The topological polar surface area (TPSA) is 36.4 Å². The lowest BCUT2D eigenvalue weighted by Crippen LogP contribution is -2.29. The number of benzene rings is 2. The van der Waals surface area contributed by atoms with Crippen LogP contribution in [0, 0.1) is 6.07 Å². The number of aromatic hydroxyl groups is 1. The summed E-state index contributed by atoms with van der Waals surface area (Å²) in [5.74, 6) is 0.102. The summed E-state index contributed by atoms with van der Waals surface area (Å²) in [4.78, 5) is 6.86. The molecule has 2 heterocycles. The first-order valence-corrected chi connectivity index (χ1v) is 8.64. The van der Waals surface area contributed by atoms with E-state index in [1.165, 1.54) is 19.3 Å². The molecule has 0 bridgehead atoms. The molecule has 1 saturated heterocycles. The fourth-order valence-electron chi connectivity index (χ4n) is 3.32. The smallest absolute Gasteiger partial charge is 0.134 e. The van der Waals surface area contributed by atoms with Gasteiger partial charge in [-0.3, -0.25) is 4.98 Å². The van der Waals surface area contributed by atoms with Gasteiger partial charge in [0, 0.05) is 30.7 Å². The third kappa shape index (κ3) is 2.80. The van der Waals surface area contributed by atoms with Crippen molar-refractivity contribution in [2.45, 2.75) is 19.3 Å². The predicted molar refractivity (Wildman–Crippen MR) is 98.8 cm³/mol. The zero-order valence-electron chi connectivity index (χ0n) is 13.3. The van der Waals surface area contributed by atoms with E-state index in [0.29, 0.717) is 5.02 Å². The molecule has 1 fully saturated rings. The quantitative estimate of drug-likeness (QED) is 0.710. The number of anilines is 1. The molecule has 3 nitrogen and oxygen atoms in total. The molecule has 4 heteroatoms. The Morgan fingerprint density at radius 2 is 1.75 bits per heavy atom. The van der Waals surface area contributed by atoms with Crippen molar-refractivity contribution in [3.8, 4) is 16.9 Å². The van der Waals surface area contributed by atoms with Gasteiger partial charge >= 0.3 is 0 Å². The van der Waals surface area contributed by atoms with Gasteiger partial charge in [-0.2, -0.15) is 0 Å². The molecule has 1 radical (unpaired) electrons. The van der Waals surface area contributed by atoms with Crippen molar-refractivity contribution >= 4 is 28.2 Å². The maximum Gasteiger partial charge on any atom is 0.134 e. The minimum absolute atomic E-state index is 0.102. The lowest BCUT2D eigenvalue weighted by molar-refractivity contribution is 0.475. The lowest BCUT2D eigenvalue weighted by atomic mass is 10.0. The number of halogens is 1. The van der Waals surface area contributed by atoms with Gasteiger partial charge in [-0.25, -0.2) is 0 Å². The van der Waals surface area contributed by atoms with Crippen LogP contribution in [0.25, 0.3) is 22.0 Å². The van der Waals surface area contributed by atoms with E-state index in [0.717, 1.165) is 40.8 Å². The van der Waals surface area contributed by atoms with Crippen molar-refractivity contribution in [1.29, 1.82) is 0 Å². The first-order chi connectivity index (χ1) is 11.7. The molecule has 1 aliphatic rings. The van der Waals surface area contributed by atoms with Crippen LogP contribution in [0.3, 0.4) is 0 Å². The van der Waals surface area contributed by atoms with Gasteiger partial charge < -0.3 is 10.0 Å². The number of aromatic nitrogens is 1. The van der Waals surface area contributed by atoms with E-state index in [9.17, 15) is 5.11 Å². The van der Waals surface area contributed by atoms with E-state index in [2.05, 4.69) is 22.0 Å². The van der Waals surface area contributed by atoms with Crippen molar-refractivity contribution in [1.82, 2.24) is 4.98 Å². The second-order valence-corrected chi connectivity index (χ2v) is 6.60. The van der Waals surface area contributed by atoms with Gasteiger partial charge in [0.1, 0.15) is 5.75 Å². The van der Waals surface area contributed by atoms with Gasteiger partial charge in [-0.05, 0) is 54.7 Å². The summed E-state index contributed by atoms with van der Waals surface area (Å²) in [6.07, 6.45) is 5.52. The molecule has 4 rings (SSSR count). The highest BCUT2D eigenvalue weighted by Gasteiger charge is 2.15. The summed E-state index contributed by atoms with van der Waals surface area (Å²) in [7, 11) is 0. The SMILES string of the molecule is Oc1ccc(-c2ccc3nc[c]c(N4CCCCC4)c3c2)cc1Cl. The standard InChI is InChI=1S/C20H18ClN2O/c21-17-13-15(5-7-20(17)24)14-4-6-18-16(12-14)19(8-9-22-18)23-10-2-1-3-11-23/h4-7,9,12-13,24H,1-3,10-11H2. The molecule has 1 aromatic heterocycles. The van der Waals surface area contributed by atoms with Crippen LogP contribution in [0.1, 0.15) is 19.3 Å². The zero-order chi connectivity index (χ0) is 16.5. The Labute approximate surface area is 146 Å². The number of phenolic OH excluding ortho intramolecular Hbond substituents is 1. The van der Waals surface area contributed by atoms with Crippen molar-refractivity contribution < 1.29 is 5.11 Å². The average molecular weight is 338 g/mol. The molecule has 0 aliphatic carbocycles. The number of piperidine rings is 1.